The Morgan fingerprint density at radius 1 is 0.714 bits per heavy atom. The summed E-state index contributed by atoms with van der Waals surface area (Å²) < 4.78 is 0. The summed E-state index contributed by atoms with van der Waals surface area (Å²) in [5.74, 6) is 0. The third kappa shape index (κ3) is 39.5. The fourth-order valence-corrected chi connectivity index (χ4v) is 0. The average molecular weight is 208 g/mol. The van der Waals surface area contributed by atoms with Crippen molar-refractivity contribution in [3.05, 3.63) is 0 Å². The Labute approximate surface area is 133 Å². The molecular formula is H9Ca3O3P. The summed E-state index contributed by atoms with van der Waals surface area (Å²) in [6.45, 7) is 0. The zero-order valence-electron chi connectivity index (χ0n) is 1.79. The van der Waals surface area contributed by atoms with Crippen molar-refractivity contribution in [2.75, 3.05) is 0 Å². The molecule has 0 atom stereocenters. The summed E-state index contributed by atoms with van der Waals surface area (Å²) >= 11 is 0. The van der Waals surface area contributed by atoms with Crippen LogP contribution in [-0.4, -0.2) is 128 Å². The van der Waals surface area contributed by atoms with Crippen molar-refractivity contribution in [3.8, 4) is 0 Å². The Morgan fingerprint density at radius 3 is 0.714 bits per heavy atom. The summed E-state index contributed by atoms with van der Waals surface area (Å²) in [6.07, 6.45) is 0. The van der Waals surface area contributed by atoms with Crippen molar-refractivity contribution >= 4 is 122 Å². The number of rotatable bonds is 0. The zero-order chi connectivity index (χ0) is 3.58. The first kappa shape index (κ1) is 22.5. The number of hydrogen-bond acceptors (Lipinski definition) is 3. The molecule has 3 N–H and O–H groups in total. The molecular weight excluding hydrogens is 199 g/mol. The van der Waals surface area contributed by atoms with Crippen LogP contribution in [0.25, 0.3) is 0 Å². The summed E-state index contributed by atoms with van der Waals surface area (Å²) in [5.41, 5.74) is 0. The molecule has 0 aliphatic heterocycles. The fourth-order valence-electron chi connectivity index (χ4n) is 0. The van der Waals surface area contributed by atoms with Crippen LogP contribution in [0.5, 0.6) is 0 Å². The van der Waals surface area contributed by atoms with E-state index in [9.17, 15) is 0 Å². The average Bonchev–Trinajstić information content (AvgIpc) is 0.811. The Morgan fingerprint density at radius 2 is 0.714 bits per heavy atom. The Bertz CT molecular complexity index is 14.9. The van der Waals surface area contributed by atoms with E-state index in [4.69, 9.17) is 14.7 Å². The van der Waals surface area contributed by atoms with Crippen molar-refractivity contribution in [3.63, 3.8) is 0 Å². The first-order valence-electron chi connectivity index (χ1n) is 0.600. The van der Waals surface area contributed by atoms with E-state index in [0.717, 1.165) is 0 Å². The van der Waals surface area contributed by atoms with E-state index in [1.807, 2.05) is 0 Å². The van der Waals surface area contributed by atoms with Gasteiger partial charge in [0.05, 0.1) is 0 Å². The quantitative estimate of drug-likeness (QED) is 0.285. The summed E-state index contributed by atoms with van der Waals surface area (Å²) in [6, 6.07) is 0. The van der Waals surface area contributed by atoms with Gasteiger partial charge in [0.1, 0.15) is 0 Å². The molecule has 7 heavy (non-hydrogen) atoms. The second kappa shape index (κ2) is 16.6. The van der Waals surface area contributed by atoms with Gasteiger partial charge in [-0.25, -0.2) is 0 Å². The van der Waals surface area contributed by atoms with E-state index < -0.39 is 8.60 Å². The molecule has 0 radical (unpaired) electrons. The molecule has 0 aromatic rings. The van der Waals surface area contributed by atoms with E-state index in [1.165, 1.54) is 0 Å². The Hall–Kier alpha value is 4.09. The third-order valence-corrected chi connectivity index (χ3v) is 0. The third-order valence-electron chi connectivity index (χ3n) is 0. The van der Waals surface area contributed by atoms with E-state index in [1.54, 1.807) is 0 Å². The van der Waals surface area contributed by atoms with E-state index in [2.05, 4.69) is 0 Å². The minimum atomic E-state index is -2.62. The molecule has 0 saturated carbocycles. The van der Waals surface area contributed by atoms with Gasteiger partial charge in [0.25, 0.3) is 0 Å². The monoisotopic (exact) mass is 208 g/mol. The molecule has 0 saturated heterocycles. The van der Waals surface area contributed by atoms with E-state index in [0.29, 0.717) is 0 Å². The summed E-state index contributed by atoms with van der Waals surface area (Å²) in [7, 11) is -2.62. The van der Waals surface area contributed by atoms with Crippen LogP contribution in [0.4, 0.5) is 0 Å². The van der Waals surface area contributed by atoms with Crippen LogP contribution in [0.2, 0.25) is 0 Å². The van der Waals surface area contributed by atoms with Crippen molar-refractivity contribution < 1.29 is 14.7 Å². The molecule has 3 nitrogen and oxygen atoms in total. The van der Waals surface area contributed by atoms with Crippen LogP contribution in [0.3, 0.4) is 0 Å². The van der Waals surface area contributed by atoms with Gasteiger partial charge in [0, 0.05) is 0 Å². The van der Waals surface area contributed by atoms with Crippen molar-refractivity contribution in [2.45, 2.75) is 0 Å². The summed E-state index contributed by atoms with van der Waals surface area (Å²) in [4.78, 5) is 21.7. The van der Waals surface area contributed by atoms with Crippen LogP contribution >= 0.6 is 8.60 Å². The van der Waals surface area contributed by atoms with Gasteiger partial charge in [-0.2, -0.15) is 0 Å². The Balaban J connectivity index is -0.0000000150. The standard InChI is InChI=1S/3Ca.H3O3P.6H/c;;;1-4(2)3;;;;;;/h;;;1-3H;;;;;;. The molecule has 0 aliphatic rings. The predicted molar refractivity (Wildman–Crippen MR) is 39.2 cm³/mol. The molecule has 0 fully saturated rings. The first-order chi connectivity index (χ1) is 1.73. The van der Waals surface area contributed by atoms with Crippen LogP contribution in [0.15, 0.2) is 0 Å². The van der Waals surface area contributed by atoms with Gasteiger partial charge in [-0.3, -0.25) is 0 Å². The molecule has 0 bridgehead atoms. The molecule has 0 unspecified atom stereocenters. The fraction of sp³-hybridized carbons (Fsp3) is 0. The second-order valence-electron chi connectivity index (χ2n) is 0.268. The predicted octanol–water partition coefficient (Wildman–Crippen LogP) is -3.56. The molecule has 0 rings (SSSR count). The minimum absolute atomic E-state index is 0. The maximum atomic E-state index is 7.23. The molecule has 0 spiro atoms. The van der Waals surface area contributed by atoms with Gasteiger partial charge in [-0.05, 0) is 0 Å². The molecule has 0 heterocycles. The summed E-state index contributed by atoms with van der Waals surface area (Å²) in [5, 5.41) is 0. The molecule has 0 aromatic heterocycles. The van der Waals surface area contributed by atoms with Crippen molar-refractivity contribution in [1.29, 1.82) is 0 Å². The van der Waals surface area contributed by atoms with Crippen LogP contribution in [-0.2, 0) is 0 Å². The maximum absolute atomic E-state index is 7.23. The number of hydrogen-bond donors (Lipinski definition) is 3. The molecule has 0 aliphatic carbocycles. The van der Waals surface area contributed by atoms with Crippen molar-refractivity contribution in [1.82, 2.24) is 0 Å². The van der Waals surface area contributed by atoms with Gasteiger partial charge < -0.3 is 14.7 Å². The SMILES string of the molecule is OP(O)O.[CaH2].[CaH2].[CaH2]. The topological polar surface area (TPSA) is 60.7 Å². The Kier molecular flexibility index (Phi) is 53.2. The molecule has 0 amide bonds. The van der Waals surface area contributed by atoms with E-state index in [-0.39, 0.29) is 113 Å². The molecule has 38 valence electrons. The van der Waals surface area contributed by atoms with Crippen LogP contribution in [0, 0.1) is 0 Å². The van der Waals surface area contributed by atoms with Crippen LogP contribution < -0.4 is 0 Å². The molecule has 7 heteroatoms. The second-order valence-corrected chi connectivity index (χ2v) is 0.805. The normalized spacial score (nSPS) is 5.14. The van der Waals surface area contributed by atoms with Crippen LogP contribution in [0.1, 0.15) is 0 Å². The van der Waals surface area contributed by atoms with Gasteiger partial charge in [0.15, 0.2) is 0 Å². The molecule has 0 aromatic carbocycles. The van der Waals surface area contributed by atoms with Gasteiger partial charge >= 0.3 is 122 Å². The van der Waals surface area contributed by atoms with Gasteiger partial charge in [-0.1, -0.05) is 0 Å². The van der Waals surface area contributed by atoms with Crippen molar-refractivity contribution in [2.24, 2.45) is 0 Å². The first-order valence-corrected chi connectivity index (χ1v) is 1.80. The van der Waals surface area contributed by atoms with Gasteiger partial charge in [0.2, 0.25) is 0 Å². The zero-order valence-corrected chi connectivity index (χ0v) is 2.68. The van der Waals surface area contributed by atoms with Gasteiger partial charge in [-0.15, -0.1) is 0 Å². The van der Waals surface area contributed by atoms with E-state index >= 15 is 0 Å².